The molecule has 0 bridgehead atoms. The number of carbonyl (C=O) groups excluding carboxylic acids is 6. The van der Waals surface area contributed by atoms with Crippen molar-refractivity contribution in [1.82, 2.24) is 29.4 Å². The normalized spacial score (nSPS) is 20.0. The molecule has 1 unspecified atom stereocenters. The Morgan fingerprint density at radius 1 is 0.518 bits per heavy atom. The van der Waals surface area contributed by atoms with Gasteiger partial charge in [0.1, 0.15) is 37.6 Å². The Hall–Kier alpha value is -7.98. The van der Waals surface area contributed by atoms with Crippen molar-refractivity contribution in [2.75, 3.05) is 39.3 Å². The van der Waals surface area contributed by atoms with E-state index in [1.165, 1.54) is 20.8 Å². The van der Waals surface area contributed by atoms with Gasteiger partial charge in [-0.1, -0.05) is 114 Å². The van der Waals surface area contributed by atoms with Crippen LogP contribution in [0.25, 0.3) is 0 Å². The number of carbonyl (C=O) groups is 6. The lowest BCUT2D eigenvalue weighted by molar-refractivity contribution is -0.173. The number of nitrogens with two attached hydrogens (primary N) is 2. The summed E-state index contributed by atoms with van der Waals surface area (Å²) in [6.07, 6.45) is -8.34. The third-order valence-corrected chi connectivity index (χ3v) is 15.6. The molecule has 5 aromatic carbocycles. The van der Waals surface area contributed by atoms with Gasteiger partial charge in [-0.3, -0.25) is 29.0 Å². The van der Waals surface area contributed by atoms with Gasteiger partial charge >= 0.3 is 24.5 Å². The first-order chi connectivity index (χ1) is 40.6. The Bertz CT molecular complexity index is 3120. The van der Waals surface area contributed by atoms with E-state index < -0.39 is 66.0 Å². The highest BCUT2D eigenvalue weighted by Crippen LogP contribution is 2.36. The highest BCUT2D eigenvalue weighted by atomic mass is 19.4. The second-order valence-electron chi connectivity index (χ2n) is 22.0. The highest BCUT2D eigenvalue weighted by molar-refractivity contribution is 5.92. The number of halogens is 6. The van der Waals surface area contributed by atoms with Crippen LogP contribution in [0.5, 0.6) is 0 Å². The Kier molecular flexibility index (Phi) is 21.0. The van der Waals surface area contributed by atoms with E-state index in [0.29, 0.717) is 82.3 Å². The summed E-state index contributed by atoms with van der Waals surface area (Å²) < 4.78 is 91.2. The minimum Gasteiger partial charge on any atom is -0.444 e. The number of rotatable bonds is 18. The van der Waals surface area contributed by atoms with Crippen molar-refractivity contribution in [3.05, 3.63) is 177 Å². The first-order valence-electron chi connectivity index (χ1n) is 28.6. The third-order valence-electron chi connectivity index (χ3n) is 15.6. The molecule has 5 atom stereocenters. The molecule has 9 rings (SSSR count). The summed E-state index contributed by atoms with van der Waals surface area (Å²) in [7, 11) is 0. The second kappa shape index (κ2) is 28.3. The Balaban J connectivity index is 0.000000224. The van der Waals surface area contributed by atoms with E-state index in [4.69, 9.17) is 20.9 Å². The zero-order valence-corrected chi connectivity index (χ0v) is 47.6. The van der Waals surface area contributed by atoms with Crippen molar-refractivity contribution in [3.8, 4) is 0 Å². The summed E-state index contributed by atoms with van der Waals surface area (Å²) >= 11 is 0. The average Bonchev–Trinajstić information content (AvgIpc) is 2.31. The van der Waals surface area contributed by atoms with E-state index >= 15 is 0 Å². The summed E-state index contributed by atoms with van der Waals surface area (Å²) in [6.45, 7) is 4.17. The molecule has 4 N–H and O–H groups in total. The first kappa shape index (κ1) is 63.1. The van der Waals surface area contributed by atoms with Gasteiger partial charge in [0.25, 0.3) is 0 Å². The quantitative estimate of drug-likeness (QED) is 0.0631. The van der Waals surface area contributed by atoms with Crippen molar-refractivity contribution in [2.45, 2.75) is 128 Å². The predicted octanol–water partition coefficient (Wildman–Crippen LogP) is 9.57. The number of unbranched alkanes of at least 4 members (excludes halogenated alkanes) is 2. The van der Waals surface area contributed by atoms with Gasteiger partial charge < -0.3 is 40.5 Å². The number of fused-ring (bicyclic) bond motifs is 2. The SMILES string of the molecule is Cc1cc(COC(=O)N2CCC(=O)N3C2CN(Cc2ccccc2)C(=O)[C@@H]3CCCCN)cc(C(F)(F)F)c1.Cc1cc(COC(=O)N2C[C@H](Cc3ccccc3)C(=O)N3[C@@H]2CN(Cc2ccccc2)C(=O)[C@@H]3CCCCN)cc(C(F)(F)F)c1. The van der Waals surface area contributed by atoms with Crippen LogP contribution >= 0.6 is 0 Å². The molecular weight excluding hydrogens is 1110 g/mol. The van der Waals surface area contributed by atoms with E-state index in [2.05, 4.69) is 0 Å². The monoisotopic (exact) mass is 1180 g/mol. The van der Waals surface area contributed by atoms with Crippen molar-refractivity contribution in [1.29, 1.82) is 0 Å². The van der Waals surface area contributed by atoms with Crippen molar-refractivity contribution < 1.29 is 64.6 Å². The minimum atomic E-state index is -4.54. The molecule has 454 valence electrons. The zero-order chi connectivity index (χ0) is 61.0. The molecule has 5 aromatic rings. The lowest BCUT2D eigenvalue weighted by Crippen LogP contribution is -2.73. The highest BCUT2D eigenvalue weighted by Gasteiger charge is 2.53. The Morgan fingerprint density at radius 3 is 1.39 bits per heavy atom. The van der Waals surface area contributed by atoms with Gasteiger partial charge in [-0.25, -0.2) is 9.59 Å². The summed E-state index contributed by atoms with van der Waals surface area (Å²) in [6, 6.07) is 33.8. The van der Waals surface area contributed by atoms with Gasteiger partial charge in [0, 0.05) is 32.6 Å². The van der Waals surface area contributed by atoms with Crippen molar-refractivity contribution >= 4 is 35.8 Å². The van der Waals surface area contributed by atoms with Crippen LogP contribution in [-0.4, -0.2) is 129 Å². The maximum atomic E-state index is 14.2. The average molecular weight is 1180 g/mol. The smallest absolute Gasteiger partial charge is 0.416 e. The summed E-state index contributed by atoms with van der Waals surface area (Å²) in [4.78, 5) is 91.1. The maximum Gasteiger partial charge on any atom is 0.416 e. The molecule has 4 heterocycles. The third kappa shape index (κ3) is 16.1. The molecule has 6 amide bonds. The molecule has 0 radical (unpaired) electrons. The van der Waals surface area contributed by atoms with Gasteiger partial charge in [-0.15, -0.1) is 0 Å². The first-order valence-corrected chi connectivity index (χ1v) is 28.6. The zero-order valence-electron chi connectivity index (χ0n) is 47.6. The van der Waals surface area contributed by atoms with Gasteiger partial charge in [0.2, 0.25) is 23.6 Å². The van der Waals surface area contributed by atoms with Gasteiger partial charge in [0.15, 0.2) is 0 Å². The van der Waals surface area contributed by atoms with Crippen LogP contribution in [0.1, 0.15) is 95.0 Å². The number of ether oxygens (including phenoxy) is 2. The number of amides is 6. The summed E-state index contributed by atoms with van der Waals surface area (Å²) in [5.41, 5.74) is 13.7. The number of nitrogens with zero attached hydrogens (tertiary/aromatic N) is 6. The molecule has 4 aliphatic heterocycles. The van der Waals surface area contributed by atoms with Crippen molar-refractivity contribution in [2.24, 2.45) is 17.4 Å². The number of aryl methyl sites for hydroxylation is 2. The van der Waals surface area contributed by atoms with Gasteiger partial charge in [-0.2, -0.15) is 26.3 Å². The topological polar surface area (TPSA) is 192 Å². The number of benzene rings is 5. The predicted molar refractivity (Wildman–Crippen MR) is 303 cm³/mol. The van der Waals surface area contributed by atoms with Gasteiger partial charge in [0.05, 0.1) is 30.1 Å². The summed E-state index contributed by atoms with van der Waals surface area (Å²) in [5.74, 6) is -1.46. The number of piperazine rings is 2. The van der Waals surface area contributed by atoms with E-state index in [-0.39, 0.29) is 80.6 Å². The van der Waals surface area contributed by atoms with Crippen LogP contribution in [0.3, 0.4) is 0 Å². The van der Waals surface area contributed by atoms with E-state index in [1.54, 1.807) is 34.6 Å². The molecular formula is C63H72F6N8O8. The fraction of sp³-hybridized carbons (Fsp3) is 0.429. The molecule has 4 fully saturated rings. The molecule has 0 saturated carbocycles. The molecule has 0 spiro atoms. The lowest BCUT2D eigenvalue weighted by atomic mass is 9.90. The van der Waals surface area contributed by atoms with Crippen LogP contribution in [0.4, 0.5) is 35.9 Å². The minimum absolute atomic E-state index is 0.0214. The molecule has 0 aliphatic carbocycles. The van der Waals surface area contributed by atoms with Crippen LogP contribution < -0.4 is 11.5 Å². The Morgan fingerprint density at radius 2 is 0.941 bits per heavy atom. The molecule has 22 heteroatoms. The lowest BCUT2D eigenvalue weighted by Gasteiger charge is -2.53. The molecule has 4 aliphatic rings. The fourth-order valence-electron chi connectivity index (χ4n) is 11.6. The van der Waals surface area contributed by atoms with Crippen LogP contribution in [0, 0.1) is 19.8 Å². The molecule has 4 saturated heterocycles. The van der Waals surface area contributed by atoms with E-state index in [9.17, 15) is 55.1 Å². The van der Waals surface area contributed by atoms with Crippen LogP contribution in [0.15, 0.2) is 127 Å². The number of hydrogen-bond acceptors (Lipinski definition) is 10. The van der Waals surface area contributed by atoms with Crippen molar-refractivity contribution in [3.63, 3.8) is 0 Å². The van der Waals surface area contributed by atoms with Gasteiger partial charge in [-0.05, 0) is 124 Å². The largest absolute Gasteiger partial charge is 0.444 e. The second-order valence-corrected chi connectivity index (χ2v) is 22.0. The maximum absolute atomic E-state index is 14.2. The van der Waals surface area contributed by atoms with Crippen LogP contribution in [0.2, 0.25) is 0 Å². The van der Waals surface area contributed by atoms with Crippen LogP contribution in [-0.2, 0) is 73.7 Å². The molecule has 85 heavy (non-hydrogen) atoms. The molecule has 0 aromatic heterocycles. The standard InChI is InChI=1S/C35H39F3N4O4.C28H33F3N4O4/c1-24-16-27(19-29(17-24)35(36,37)38)23-46-34(45)41-21-28(18-25-10-4-2-5-11-25)32(43)42-30(14-8-9-15-39)33(44)40(22-31(41)42)20-26-12-6-3-7-13-26;1-19-13-21(15-22(14-19)28(29,30)31)18-39-27(38)34-12-10-25(36)35-23(9-5-6-11-32)26(37)33(17-24(34)35)16-20-7-3-2-4-8-20/h2-7,10-13,16-17,19,28,30-31H,8-9,14-15,18,20-23,39H2,1H3;2-4,7-8,13-15,23-24H,5-6,9-12,16-18,32H2,1H3/t28-,30-,31+;23-,24?/m00/s1. The Labute approximate surface area is 490 Å². The number of alkyl halides is 6. The fourth-order valence-corrected chi connectivity index (χ4v) is 11.6. The summed E-state index contributed by atoms with van der Waals surface area (Å²) in [5, 5.41) is 0. The van der Waals surface area contributed by atoms with E-state index in [1.807, 2.05) is 91.0 Å². The molecule has 16 nitrogen and oxygen atoms in total. The number of hydrogen-bond donors (Lipinski definition) is 2. The van der Waals surface area contributed by atoms with E-state index in [0.717, 1.165) is 41.0 Å².